The molecule has 1 aromatic heterocycles. The summed E-state index contributed by atoms with van der Waals surface area (Å²) in [7, 11) is 0. The molecule has 3 rings (SSSR count). The van der Waals surface area contributed by atoms with Crippen molar-refractivity contribution >= 4 is 11.6 Å². The lowest BCUT2D eigenvalue weighted by atomic mass is 9.89. The zero-order valence-corrected chi connectivity index (χ0v) is 16.0. The average molecular weight is 354 g/mol. The van der Waals surface area contributed by atoms with Crippen molar-refractivity contribution in [2.45, 2.75) is 45.4 Å². The highest BCUT2D eigenvalue weighted by atomic mass is 16.1. The normalized spacial score (nSPS) is 16.1. The van der Waals surface area contributed by atoms with E-state index in [-0.39, 0.29) is 11.8 Å². The van der Waals surface area contributed by atoms with E-state index in [9.17, 15) is 4.79 Å². The highest BCUT2D eigenvalue weighted by Gasteiger charge is 2.20. The Labute approximate surface area is 157 Å². The fourth-order valence-electron chi connectivity index (χ4n) is 3.67. The van der Waals surface area contributed by atoms with Crippen LogP contribution in [0.15, 0.2) is 42.7 Å². The van der Waals surface area contributed by atoms with Crippen molar-refractivity contribution in [3.05, 3.63) is 53.9 Å². The Hall–Kier alpha value is -2.07. The standard InChI is InChI=1S/C22H31N3O/c1-17(2)22(26)24-21-7-3-6-20(15-21)19-9-13-25(14-10-19)12-4-5-18-8-11-23-16-18/h3,6-8,11,15-17,19,23H,4-5,9-10,12-14H2,1-2H3,(H,24,26). The van der Waals surface area contributed by atoms with E-state index in [4.69, 9.17) is 0 Å². The Bertz CT molecular complexity index is 685. The van der Waals surface area contributed by atoms with E-state index in [1.165, 1.54) is 50.0 Å². The number of anilines is 1. The number of aryl methyl sites for hydroxylation is 1. The summed E-state index contributed by atoms with van der Waals surface area (Å²) in [5.74, 6) is 0.694. The number of hydrogen-bond donors (Lipinski definition) is 2. The SMILES string of the molecule is CC(C)C(=O)Nc1cccc(C2CCN(CCCc3cc[nH]c3)CC2)c1. The maximum absolute atomic E-state index is 11.9. The summed E-state index contributed by atoms with van der Waals surface area (Å²) in [5.41, 5.74) is 3.69. The molecule has 2 N–H and O–H groups in total. The number of carbonyl (C=O) groups excluding carboxylic acids is 1. The molecule has 0 unspecified atom stereocenters. The third kappa shape index (κ3) is 5.21. The van der Waals surface area contributed by atoms with Crippen molar-refractivity contribution in [1.82, 2.24) is 9.88 Å². The quantitative estimate of drug-likeness (QED) is 0.774. The molecule has 0 spiro atoms. The number of hydrogen-bond acceptors (Lipinski definition) is 2. The Morgan fingerprint density at radius 3 is 2.77 bits per heavy atom. The first-order chi connectivity index (χ1) is 12.6. The molecule has 0 radical (unpaired) electrons. The lowest BCUT2D eigenvalue weighted by Crippen LogP contribution is -2.33. The zero-order chi connectivity index (χ0) is 18.4. The van der Waals surface area contributed by atoms with Gasteiger partial charge in [0.2, 0.25) is 5.91 Å². The van der Waals surface area contributed by atoms with Crippen LogP contribution in [0.3, 0.4) is 0 Å². The monoisotopic (exact) mass is 353 g/mol. The van der Waals surface area contributed by atoms with Crippen molar-refractivity contribution in [1.29, 1.82) is 0 Å². The number of aromatic nitrogens is 1. The van der Waals surface area contributed by atoms with Gasteiger partial charge in [-0.1, -0.05) is 26.0 Å². The van der Waals surface area contributed by atoms with E-state index in [1.54, 1.807) is 0 Å². The highest BCUT2D eigenvalue weighted by molar-refractivity contribution is 5.92. The summed E-state index contributed by atoms with van der Waals surface area (Å²) in [6.45, 7) is 7.36. The molecule has 0 atom stereocenters. The van der Waals surface area contributed by atoms with Gasteiger partial charge in [0.1, 0.15) is 0 Å². The van der Waals surface area contributed by atoms with Crippen molar-refractivity contribution in [3.8, 4) is 0 Å². The van der Waals surface area contributed by atoms with Gasteiger partial charge in [0.15, 0.2) is 0 Å². The third-order valence-corrected chi connectivity index (χ3v) is 5.34. The summed E-state index contributed by atoms with van der Waals surface area (Å²) in [6.07, 6.45) is 8.87. The number of nitrogens with zero attached hydrogens (tertiary/aromatic N) is 1. The minimum absolute atomic E-state index is 0.00756. The smallest absolute Gasteiger partial charge is 0.226 e. The molecule has 1 saturated heterocycles. The van der Waals surface area contributed by atoms with E-state index < -0.39 is 0 Å². The van der Waals surface area contributed by atoms with Crippen LogP contribution in [0.2, 0.25) is 0 Å². The fraction of sp³-hybridized carbons (Fsp3) is 0.500. The van der Waals surface area contributed by atoms with Gasteiger partial charge in [-0.3, -0.25) is 4.79 Å². The summed E-state index contributed by atoms with van der Waals surface area (Å²) in [5, 5.41) is 3.02. The van der Waals surface area contributed by atoms with Gasteiger partial charge in [0.05, 0.1) is 0 Å². The lowest BCUT2D eigenvalue weighted by Gasteiger charge is -2.32. The van der Waals surface area contributed by atoms with Crippen LogP contribution >= 0.6 is 0 Å². The summed E-state index contributed by atoms with van der Waals surface area (Å²) in [4.78, 5) is 17.6. The third-order valence-electron chi connectivity index (χ3n) is 5.34. The largest absolute Gasteiger partial charge is 0.367 e. The maximum Gasteiger partial charge on any atom is 0.226 e. The molecule has 1 fully saturated rings. The molecule has 4 heteroatoms. The van der Waals surface area contributed by atoms with Crippen LogP contribution in [0.25, 0.3) is 0 Å². The first-order valence-electron chi connectivity index (χ1n) is 9.86. The van der Waals surface area contributed by atoms with Crippen LogP contribution < -0.4 is 5.32 Å². The van der Waals surface area contributed by atoms with Crippen molar-refractivity contribution < 1.29 is 4.79 Å². The average Bonchev–Trinajstić information content (AvgIpc) is 3.16. The van der Waals surface area contributed by atoms with Crippen molar-refractivity contribution in [2.24, 2.45) is 5.92 Å². The highest BCUT2D eigenvalue weighted by Crippen LogP contribution is 2.29. The minimum Gasteiger partial charge on any atom is -0.367 e. The molecular formula is C22H31N3O. The number of piperidine rings is 1. The van der Waals surface area contributed by atoms with Crippen LogP contribution in [0.4, 0.5) is 5.69 Å². The molecule has 2 heterocycles. The first-order valence-corrected chi connectivity index (χ1v) is 9.86. The topological polar surface area (TPSA) is 48.1 Å². The Balaban J connectivity index is 1.46. The molecule has 140 valence electrons. The molecule has 1 aliphatic rings. The van der Waals surface area contributed by atoms with Crippen molar-refractivity contribution in [2.75, 3.05) is 25.0 Å². The van der Waals surface area contributed by atoms with Gasteiger partial charge in [-0.05, 0) is 80.6 Å². The molecule has 1 aliphatic heterocycles. The van der Waals surface area contributed by atoms with E-state index >= 15 is 0 Å². The first kappa shape index (κ1) is 18.7. The summed E-state index contributed by atoms with van der Waals surface area (Å²) >= 11 is 0. The number of nitrogens with one attached hydrogen (secondary N) is 2. The second kappa shape index (κ2) is 9.04. The number of rotatable bonds is 7. The number of H-pyrrole nitrogens is 1. The van der Waals surface area contributed by atoms with E-state index in [2.05, 4.69) is 45.7 Å². The van der Waals surface area contributed by atoms with Gasteiger partial charge >= 0.3 is 0 Å². The number of aromatic amines is 1. The van der Waals surface area contributed by atoms with E-state index in [1.807, 2.05) is 26.1 Å². The van der Waals surface area contributed by atoms with Crippen LogP contribution in [0, 0.1) is 5.92 Å². The van der Waals surface area contributed by atoms with Crippen LogP contribution in [-0.4, -0.2) is 35.4 Å². The zero-order valence-electron chi connectivity index (χ0n) is 16.0. The van der Waals surface area contributed by atoms with Gasteiger partial charge in [-0.15, -0.1) is 0 Å². The Kier molecular flexibility index (Phi) is 6.51. The Morgan fingerprint density at radius 1 is 1.27 bits per heavy atom. The predicted octanol–water partition coefficient (Wildman–Crippen LogP) is 4.42. The fourth-order valence-corrected chi connectivity index (χ4v) is 3.67. The molecule has 0 saturated carbocycles. The summed E-state index contributed by atoms with van der Waals surface area (Å²) < 4.78 is 0. The summed E-state index contributed by atoms with van der Waals surface area (Å²) in [6, 6.07) is 10.6. The lowest BCUT2D eigenvalue weighted by molar-refractivity contribution is -0.118. The van der Waals surface area contributed by atoms with Gasteiger partial charge in [0, 0.05) is 24.0 Å². The molecule has 0 bridgehead atoms. The number of benzene rings is 1. The van der Waals surface area contributed by atoms with E-state index in [0.717, 1.165) is 12.1 Å². The second-order valence-corrected chi connectivity index (χ2v) is 7.71. The van der Waals surface area contributed by atoms with E-state index in [0.29, 0.717) is 5.92 Å². The molecule has 26 heavy (non-hydrogen) atoms. The number of amides is 1. The Morgan fingerprint density at radius 2 is 2.08 bits per heavy atom. The second-order valence-electron chi connectivity index (χ2n) is 7.71. The minimum atomic E-state index is 0.00756. The molecular weight excluding hydrogens is 322 g/mol. The molecule has 4 nitrogen and oxygen atoms in total. The predicted molar refractivity (Wildman–Crippen MR) is 107 cm³/mol. The number of carbonyl (C=O) groups is 1. The van der Waals surface area contributed by atoms with Gasteiger partial charge in [-0.25, -0.2) is 0 Å². The van der Waals surface area contributed by atoms with Crippen LogP contribution in [0.1, 0.15) is 50.2 Å². The molecule has 0 aliphatic carbocycles. The van der Waals surface area contributed by atoms with Gasteiger partial charge < -0.3 is 15.2 Å². The molecule has 1 aromatic carbocycles. The number of likely N-dealkylation sites (tertiary alicyclic amines) is 1. The maximum atomic E-state index is 11.9. The van der Waals surface area contributed by atoms with Crippen molar-refractivity contribution in [3.63, 3.8) is 0 Å². The van der Waals surface area contributed by atoms with Crippen LogP contribution in [0.5, 0.6) is 0 Å². The van der Waals surface area contributed by atoms with Gasteiger partial charge in [0.25, 0.3) is 0 Å². The molecule has 1 amide bonds. The molecule has 2 aromatic rings. The van der Waals surface area contributed by atoms with Crippen LogP contribution in [-0.2, 0) is 11.2 Å². The van der Waals surface area contributed by atoms with Gasteiger partial charge in [-0.2, -0.15) is 0 Å².